The van der Waals surface area contributed by atoms with E-state index in [2.05, 4.69) is 36.0 Å². The van der Waals surface area contributed by atoms with Crippen LogP contribution in [0.15, 0.2) is 17.3 Å². The minimum absolute atomic E-state index is 0.861. The lowest BCUT2D eigenvalue weighted by molar-refractivity contribution is 0.564. The molecule has 0 aromatic heterocycles. The third-order valence-electron chi connectivity index (χ3n) is 1.65. The van der Waals surface area contributed by atoms with Crippen molar-refractivity contribution in [3.8, 4) is 0 Å². The average molecular weight is 138 g/mol. The van der Waals surface area contributed by atoms with Gasteiger partial charge in [0, 0.05) is 19.2 Å². The Bertz CT molecular complexity index is 159. The van der Waals surface area contributed by atoms with Crippen molar-refractivity contribution in [1.82, 2.24) is 4.90 Å². The predicted molar refractivity (Wildman–Crippen MR) is 44.1 cm³/mol. The van der Waals surface area contributed by atoms with Crippen LogP contribution in [-0.2, 0) is 0 Å². The van der Waals surface area contributed by atoms with Gasteiger partial charge in [0.05, 0.1) is 6.54 Å². The van der Waals surface area contributed by atoms with E-state index in [1.54, 1.807) is 0 Å². The van der Waals surface area contributed by atoms with Gasteiger partial charge in [-0.05, 0) is 13.0 Å². The zero-order chi connectivity index (χ0) is 7.40. The molecule has 0 atom stereocenters. The van der Waals surface area contributed by atoms with Crippen molar-refractivity contribution < 1.29 is 0 Å². The van der Waals surface area contributed by atoms with Gasteiger partial charge >= 0.3 is 0 Å². The summed E-state index contributed by atoms with van der Waals surface area (Å²) in [6, 6.07) is 0. The summed E-state index contributed by atoms with van der Waals surface area (Å²) in [6.07, 6.45) is 5.24. The Morgan fingerprint density at radius 2 is 2.40 bits per heavy atom. The summed E-state index contributed by atoms with van der Waals surface area (Å²) < 4.78 is 0. The topological polar surface area (TPSA) is 15.6 Å². The van der Waals surface area contributed by atoms with Gasteiger partial charge in [-0.1, -0.05) is 6.92 Å². The van der Waals surface area contributed by atoms with Crippen LogP contribution >= 0.6 is 0 Å². The Morgan fingerprint density at radius 3 is 2.90 bits per heavy atom. The standard InChI is InChI=1S/C8H14N2/c1-3-8-9-6-5-7-10(8)4-2/h5,7H,3-4,6H2,1-2H3. The van der Waals surface area contributed by atoms with Gasteiger partial charge in [0.25, 0.3) is 0 Å². The van der Waals surface area contributed by atoms with Gasteiger partial charge in [0.1, 0.15) is 5.84 Å². The van der Waals surface area contributed by atoms with E-state index in [1.807, 2.05) is 0 Å². The lowest BCUT2D eigenvalue weighted by Crippen LogP contribution is -2.27. The van der Waals surface area contributed by atoms with Crippen LogP contribution in [0.25, 0.3) is 0 Å². The summed E-state index contributed by atoms with van der Waals surface area (Å²) in [4.78, 5) is 6.54. The van der Waals surface area contributed by atoms with E-state index in [9.17, 15) is 0 Å². The fourth-order valence-electron chi connectivity index (χ4n) is 1.11. The maximum Gasteiger partial charge on any atom is 0.103 e. The molecular formula is C8H14N2. The van der Waals surface area contributed by atoms with Crippen LogP contribution in [0, 0.1) is 0 Å². The highest BCUT2D eigenvalue weighted by Crippen LogP contribution is 2.02. The maximum absolute atomic E-state index is 4.36. The van der Waals surface area contributed by atoms with Crippen molar-refractivity contribution in [3.63, 3.8) is 0 Å². The van der Waals surface area contributed by atoms with Crippen LogP contribution in [0.2, 0.25) is 0 Å². The third kappa shape index (κ3) is 1.38. The monoisotopic (exact) mass is 138 g/mol. The fourth-order valence-corrected chi connectivity index (χ4v) is 1.11. The molecule has 1 aliphatic rings. The van der Waals surface area contributed by atoms with E-state index in [-0.39, 0.29) is 0 Å². The molecule has 10 heavy (non-hydrogen) atoms. The van der Waals surface area contributed by atoms with Gasteiger partial charge in [0.2, 0.25) is 0 Å². The predicted octanol–water partition coefficient (Wildman–Crippen LogP) is 1.64. The Hall–Kier alpha value is -0.790. The van der Waals surface area contributed by atoms with Gasteiger partial charge < -0.3 is 4.90 Å². The molecule has 0 aromatic rings. The van der Waals surface area contributed by atoms with E-state index in [0.717, 1.165) is 19.5 Å². The molecule has 0 radical (unpaired) electrons. The van der Waals surface area contributed by atoms with Gasteiger partial charge in [-0.15, -0.1) is 0 Å². The molecule has 56 valence electrons. The van der Waals surface area contributed by atoms with Gasteiger partial charge in [-0.2, -0.15) is 0 Å². The number of hydrogen-bond acceptors (Lipinski definition) is 2. The molecule has 2 heteroatoms. The molecule has 2 nitrogen and oxygen atoms in total. The van der Waals surface area contributed by atoms with E-state index in [1.165, 1.54) is 5.84 Å². The second-order valence-corrected chi connectivity index (χ2v) is 2.28. The van der Waals surface area contributed by atoms with Crippen LogP contribution in [-0.4, -0.2) is 23.8 Å². The minimum atomic E-state index is 0.861. The summed E-state index contributed by atoms with van der Waals surface area (Å²) in [7, 11) is 0. The first kappa shape index (κ1) is 7.32. The van der Waals surface area contributed by atoms with E-state index in [0.29, 0.717) is 0 Å². The molecule has 0 amide bonds. The van der Waals surface area contributed by atoms with Crippen molar-refractivity contribution in [2.24, 2.45) is 4.99 Å². The van der Waals surface area contributed by atoms with Crippen LogP contribution in [0.5, 0.6) is 0 Å². The number of rotatable bonds is 2. The van der Waals surface area contributed by atoms with E-state index >= 15 is 0 Å². The minimum Gasteiger partial charge on any atom is -0.337 e. The smallest absolute Gasteiger partial charge is 0.103 e. The summed E-state index contributed by atoms with van der Waals surface area (Å²) in [6.45, 7) is 6.17. The average Bonchev–Trinajstić information content (AvgIpc) is 2.04. The molecule has 0 aliphatic carbocycles. The number of nitrogens with zero attached hydrogens (tertiary/aromatic N) is 2. The SMILES string of the molecule is CCC1=NCC=CN1CC. The Kier molecular flexibility index (Phi) is 2.49. The molecule has 1 heterocycles. The molecule has 0 unspecified atom stereocenters. The van der Waals surface area contributed by atoms with Crippen LogP contribution in [0.4, 0.5) is 0 Å². The Labute approximate surface area is 62.3 Å². The summed E-state index contributed by atoms with van der Waals surface area (Å²) in [5.74, 6) is 1.21. The maximum atomic E-state index is 4.36. The van der Waals surface area contributed by atoms with Crippen molar-refractivity contribution in [3.05, 3.63) is 12.3 Å². The third-order valence-corrected chi connectivity index (χ3v) is 1.65. The number of aliphatic imine (C=N–C) groups is 1. The highest BCUT2D eigenvalue weighted by molar-refractivity contribution is 5.83. The molecule has 0 saturated heterocycles. The summed E-state index contributed by atoms with van der Waals surface area (Å²) in [5.41, 5.74) is 0. The Morgan fingerprint density at radius 1 is 1.60 bits per heavy atom. The second-order valence-electron chi connectivity index (χ2n) is 2.28. The number of hydrogen-bond donors (Lipinski definition) is 0. The lowest BCUT2D eigenvalue weighted by Gasteiger charge is -2.21. The molecule has 0 bridgehead atoms. The van der Waals surface area contributed by atoms with Gasteiger partial charge in [0.15, 0.2) is 0 Å². The molecule has 0 saturated carbocycles. The van der Waals surface area contributed by atoms with E-state index in [4.69, 9.17) is 0 Å². The molecule has 0 N–H and O–H groups in total. The zero-order valence-electron chi connectivity index (χ0n) is 6.67. The molecular weight excluding hydrogens is 124 g/mol. The number of amidine groups is 1. The first-order valence-corrected chi connectivity index (χ1v) is 3.85. The molecule has 0 spiro atoms. The van der Waals surface area contributed by atoms with Crippen LogP contribution in [0.1, 0.15) is 20.3 Å². The molecule has 1 rings (SSSR count). The van der Waals surface area contributed by atoms with Gasteiger partial charge in [-0.25, -0.2) is 0 Å². The Balaban J connectivity index is 2.59. The molecule has 0 aromatic carbocycles. The van der Waals surface area contributed by atoms with Crippen LogP contribution in [0.3, 0.4) is 0 Å². The highest BCUT2D eigenvalue weighted by Gasteiger charge is 2.05. The van der Waals surface area contributed by atoms with Crippen molar-refractivity contribution in [1.29, 1.82) is 0 Å². The quantitative estimate of drug-likeness (QED) is 0.566. The summed E-state index contributed by atoms with van der Waals surface area (Å²) in [5, 5.41) is 0. The van der Waals surface area contributed by atoms with E-state index < -0.39 is 0 Å². The fraction of sp³-hybridized carbons (Fsp3) is 0.625. The largest absolute Gasteiger partial charge is 0.337 e. The zero-order valence-corrected chi connectivity index (χ0v) is 6.67. The first-order chi connectivity index (χ1) is 4.88. The van der Waals surface area contributed by atoms with Crippen molar-refractivity contribution in [2.75, 3.05) is 13.1 Å². The van der Waals surface area contributed by atoms with Crippen molar-refractivity contribution >= 4 is 5.84 Å². The summed E-state index contributed by atoms with van der Waals surface area (Å²) >= 11 is 0. The first-order valence-electron chi connectivity index (χ1n) is 3.85. The molecule has 1 aliphatic heterocycles. The lowest BCUT2D eigenvalue weighted by atomic mass is 10.3. The second kappa shape index (κ2) is 3.40. The van der Waals surface area contributed by atoms with Crippen LogP contribution < -0.4 is 0 Å². The van der Waals surface area contributed by atoms with Crippen molar-refractivity contribution in [2.45, 2.75) is 20.3 Å². The van der Waals surface area contributed by atoms with Gasteiger partial charge in [-0.3, -0.25) is 4.99 Å². The molecule has 0 fully saturated rings. The normalized spacial score (nSPS) is 17.4. The highest BCUT2D eigenvalue weighted by atomic mass is 15.2.